The van der Waals surface area contributed by atoms with E-state index in [-0.39, 0.29) is 6.04 Å². The van der Waals surface area contributed by atoms with Crippen molar-refractivity contribution in [2.45, 2.75) is 19.9 Å². The quantitative estimate of drug-likeness (QED) is 0.405. The Labute approximate surface area is 56.2 Å². The number of nitrogens with zero attached hydrogens (tertiary/aromatic N) is 1. The van der Waals surface area contributed by atoms with Gasteiger partial charge in [0, 0.05) is 12.6 Å². The van der Waals surface area contributed by atoms with Gasteiger partial charge in [-0.3, -0.25) is 4.79 Å². The molecule has 0 aliphatic carbocycles. The summed E-state index contributed by atoms with van der Waals surface area (Å²) in [4.78, 5) is 11.6. The summed E-state index contributed by atoms with van der Waals surface area (Å²) >= 11 is 0. The lowest BCUT2D eigenvalue weighted by atomic mass is 10.3. The number of hydrogen-bond donors (Lipinski definition) is 0. The van der Waals surface area contributed by atoms with Gasteiger partial charge in [0.15, 0.2) is 0 Å². The Morgan fingerprint density at radius 3 is 2.44 bits per heavy atom. The molecule has 0 unspecified atom stereocenters. The Bertz CT molecular complexity index is 99.1. The first kappa shape index (κ1) is 8.21. The Hall–Kier alpha value is -0.790. The van der Waals surface area contributed by atoms with Gasteiger partial charge in [-0.05, 0) is 13.8 Å². The Morgan fingerprint density at radius 2 is 2.33 bits per heavy atom. The van der Waals surface area contributed by atoms with Crippen molar-refractivity contribution in [3.05, 3.63) is 12.7 Å². The van der Waals surface area contributed by atoms with E-state index in [1.807, 2.05) is 20.3 Å². The SMILES string of the molecule is C=CCN([C]=O)C(C)C. The summed E-state index contributed by atoms with van der Waals surface area (Å²) in [6.45, 7) is 7.97. The third-order valence-electron chi connectivity index (χ3n) is 1.07. The third kappa shape index (κ3) is 2.90. The molecule has 51 valence electrons. The monoisotopic (exact) mass is 126 g/mol. The molecule has 0 heterocycles. The molecule has 0 aromatic rings. The molecule has 0 N–H and O–H groups in total. The molecule has 0 atom stereocenters. The maximum Gasteiger partial charge on any atom is 0.312 e. The summed E-state index contributed by atoms with van der Waals surface area (Å²) in [5, 5.41) is 0. The van der Waals surface area contributed by atoms with Gasteiger partial charge in [0.25, 0.3) is 0 Å². The van der Waals surface area contributed by atoms with Crippen molar-refractivity contribution in [1.29, 1.82) is 0 Å². The van der Waals surface area contributed by atoms with E-state index >= 15 is 0 Å². The van der Waals surface area contributed by atoms with E-state index in [0.717, 1.165) is 0 Å². The molecule has 2 nitrogen and oxygen atoms in total. The zero-order valence-corrected chi connectivity index (χ0v) is 5.92. The van der Waals surface area contributed by atoms with Gasteiger partial charge in [-0.2, -0.15) is 0 Å². The molecule has 0 spiro atoms. The average Bonchev–Trinajstić information content (AvgIpc) is 1.82. The van der Waals surface area contributed by atoms with E-state index in [4.69, 9.17) is 0 Å². The summed E-state index contributed by atoms with van der Waals surface area (Å²) in [6, 6.07) is 0.223. The highest BCUT2D eigenvalue weighted by atomic mass is 16.1. The first-order valence-corrected chi connectivity index (χ1v) is 2.97. The van der Waals surface area contributed by atoms with Crippen molar-refractivity contribution in [3.8, 4) is 0 Å². The maximum absolute atomic E-state index is 10.1. The summed E-state index contributed by atoms with van der Waals surface area (Å²) in [6.07, 6.45) is 3.50. The molecule has 0 saturated carbocycles. The van der Waals surface area contributed by atoms with E-state index in [9.17, 15) is 4.79 Å². The molecular formula is C7H12NO. The molecule has 0 aromatic heterocycles. The summed E-state index contributed by atoms with van der Waals surface area (Å²) < 4.78 is 0. The second kappa shape index (κ2) is 4.13. The lowest BCUT2D eigenvalue weighted by molar-refractivity contribution is 0.352. The predicted molar refractivity (Wildman–Crippen MR) is 37.7 cm³/mol. The van der Waals surface area contributed by atoms with Crippen molar-refractivity contribution >= 4 is 6.41 Å². The van der Waals surface area contributed by atoms with Gasteiger partial charge in [0.2, 0.25) is 0 Å². The Kier molecular flexibility index (Phi) is 3.76. The summed E-state index contributed by atoms with van der Waals surface area (Å²) in [5.74, 6) is 0. The van der Waals surface area contributed by atoms with Crippen LogP contribution in [0.4, 0.5) is 0 Å². The zero-order valence-electron chi connectivity index (χ0n) is 5.92. The lowest BCUT2D eigenvalue weighted by Gasteiger charge is -2.17. The molecular weight excluding hydrogens is 114 g/mol. The molecule has 0 rings (SSSR count). The first-order chi connectivity index (χ1) is 4.22. The minimum Gasteiger partial charge on any atom is -0.328 e. The summed E-state index contributed by atoms with van der Waals surface area (Å²) in [7, 11) is 0. The smallest absolute Gasteiger partial charge is 0.312 e. The van der Waals surface area contributed by atoms with Crippen LogP contribution in [0.2, 0.25) is 0 Å². The van der Waals surface area contributed by atoms with Crippen molar-refractivity contribution < 1.29 is 4.79 Å². The van der Waals surface area contributed by atoms with Gasteiger partial charge < -0.3 is 4.90 Å². The number of amides is 1. The fourth-order valence-electron chi connectivity index (χ4n) is 0.493. The molecule has 0 saturated heterocycles. The molecule has 1 radical (unpaired) electrons. The molecule has 9 heavy (non-hydrogen) atoms. The molecule has 0 aliphatic heterocycles. The zero-order chi connectivity index (χ0) is 7.28. The highest BCUT2D eigenvalue weighted by Crippen LogP contribution is 1.91. The third-order valence-corrected chi connectivity index (χ3v) is 1.07. The van der Waals surface area contributed by atoms with Crippen LogP contribution in [-0.4, -0.2) is 23.9 Å². The average molecular weight is 126 g/mol. The van der Waals surface area contributed by atoms with Crippen LogP contribution in [0, 0.1) is 0 Å². The maximum atomic E-state index is 10.1. The van der Waals surface area contributed by atoms with Crippen LogP contribution < -0.4 is 0 Å². The van der Waals surface area contributed by atoms with Gasteiger partial charge in [-0.25, -0.2) is 0 Å². The van der Waals surface area contributed by atoms with Crippen LogP contribution in [0.1, 0.15) is 13.8 Å². The largest absolute Gasteiger partial charge is 0.328 e. The highest BCUT2D eigenvalue weighted by molar-refractivity contribution is 5.48. The molecule has 0 bridgehead atoms. The fourth-order valence-corrected chi connectivity index (χ4v) is 0.493. The van der Waals surface area contributed by atoms with E-state index in [1.54, 1.807) is 11.0 Å². The van der Waals surface area contributed by atoms with Gasteiger partial charge in [-0.15, -0.1) is 6.58 Å². The van der Waals surface area contributed by atoms with Gasteiger partial charge in [0.1, 0.15) is 0 Å². The van der Waals surface area contributed by atoms with Gasteiger partial charge in [-0.1, -0.05) is 6.08 Å². The normalized spacial score (nSPS) is 9.22. The molecule has 0 fully saturated rings. The topological polar surface area (TPSA) is 20.3 Å². The van der Waals surface area contributed by atoms with Gasteiger partial charge in [0.05, 0.1) is 0 Å². The van der Waals surface area contributed by atoms with Crippen LogP contribution in [-0.2, 0) is 4.79 Å². The second-order valence-corrected chi connectivity index (χ2v) is 2.13. The molecule has 0 aromatic carbocycles. The van der Waals surface area contributed by atoms with Crippen molar-refractivity contribution in [2.75, 3.05) is 6.54 Å². The Morgan fingerprint density at radius 1 is 1.78 bits per heavy atom. The molecule has 2 heteroatoms. The molecule has 0 aliphatic rings. The standard InChI is InChI=1S/C7H12NO/c1-4-5-8(6-9)7(2)3/h4,7H,1,5H2,2-3H3. The Balaban J connectivity index is 3.66. The summed E-state index contributed by atoms with van der Waals surface area (Å²) in [5.41, 5.74) is 0. The van der Waals surface area contributed by atoms with Crippen LogP contribution in [0.5, 0.6) is 0 Å². The van der Waals surface area contributed by atoms with E-state index in [0.29, 0.717) is 6.54 Å². The fraction of sp³-hybridized carbons (Fsp3) is 0.571. The first-order valence-electron chi connectivity index (χ1n) is 2.97. The number of rotatable bonds is 4. The minimum absolute atomic E-state index is 0.223. The number of hydrogen-bond acceptors (Lipinski definition) is 1. The molecule has 1 amide bonds. The van der Waals surface area contributed by atoms with Crippen LogP contribution in [0.3, 0.4) is 0 Å². The second-order valence-electron chi connectivity index (χ2n) is 2.13. The van der Waals surface area contributed by atoms with Crippen molar-refractivity contribution in [2.24, 2.45) is 0 Å². The van der Waals surface area contributed by atoms with E-state index in [1.165, 1.54) is 0 Å². The van der Waals surface area contributed by atoms with E-state index < -0.39 is 0 Å². The van der Waals surface area contributed by atoms with Crippen LogP contribution in [0.15, 0.2) is 12.7 Å². The van der Waals surface area contributed by atoms with Crippen molar-refractivity contribution in [3.63, 3.8) is 0 Å². The van der Waals surface area contributed by atoms with Crippen molar-refractivity contribution in [1.82, 2.24) is 4.90 Å². The number of carbonyl (C=O) groups excluding carboxylic acids is 1. The van der Waals surface area contributed by atoms with Gasteiger partial charge >= 0.3 is 6.41 Å². The van der Waals surface area contributed by atoms with Crippen LogP contribution in [0.25, 0.3) is 0 Å². The predicted octanol–water partition coefficient (Wildman–Crippen LogP) is 0.950. The van der Waals surface area contributed by atoms with E-state index in [2.05, 4.69) is 6.58 Å². The highest BCUT2D eigenvalue weighted by Gasteiger charge is 2.02. The van der Waals surface area contributed by atoms with Crippen LogP contribution >= 0.6 is 0 Å². The minimum atomic E-state index is 0.223. The lowest BCUT2D eigenvalue weighted by Crippen LogP contribution is -2.29.